The summed E-state index contributed by atoms with van der Waals surface area (Å²) in [4.78, 5) is 3.71. The number of furan rings is 1. The monoisotopic (exact) mass is 809 g/mol. The lowest BCUT2D eigenvalue weighted by Crippen LogP contribution is -2.17. The second kappa shape index (κ2) is 14.8. The van der Waals surface area contributed by atoms with Gasteiger partial charge in [0.1, 0.15) is 11.2 Å². The SMILES string of the molecule is C=C1C=C(N(c2ccc3ccccc3c2)c2cc3ccccc3cc2-c2cccc3c2oc2c(-c4ccccc4)cccc23)c2sc3c(ccc4ccccc43)c2C/C=C\C=C/1. The zero-order valence-corrected chi connectivity index (χ0v) is 34.7. The van der Waals surface area contributed by atoms with E-state index in [1.165, 1.54) is 42.1 Å². The lowest BCUT2D eigenvalue weighted by atomic mass is 9.94. The van der Waals surface area contributed by atoms with Crippen molar-refractivity contribution >= 4 is 92.8 Å². The normalized spacial score (nSPS) is 14.1. The summed E-state index contributed by atoms with van der Waals surface area (Å²) < 4.78 is 8.43. The average Bonchev–Trinajstić information content (AvgIpc) is 3.90. The van der Waals surface area contributed by atoms with Gasteiger partial charge in [0.2, 0.25) is 0 Å². The molecular weight excluding hydrogens is 771 g/mol. The summed E-state index contributed by atoms with van der Waals surface area (Å²) in [5.74, 6) is 0. The zero-order valence-electron chi connectivity index (χ0n) is 33.9. The predicted molar refractivity (Wildman–Crippen MR) is 267 cm³/mol. The minimum atomic E-state index is 0.792. The number of hydrogen-bond donors (Lipinski definition) is 0. The van der Waals surface area contributed by atoms with E-state index in [0.717, 1.165) is 84.0 Å². The Labute approximate surface area is 363 Å². The fourth-order valence-corrected chi connectivity index (χ4v) is 10.8. The van der Waals surface area contributed by atoms with Crippen LogP contribution in [0.3, 0.4) is 0 Å². The molecule has 0 amide bonds. The van der Waals surface area contributed by atoms with Gasteiger partial charge in [-0.25, -0.2) is 0 Å². The van der Waals surface area contributed by atoms with E-state index in [1.807, 2.05) is 11.3 Å². The molecule has 0 fully saturated rings. The molecule has 0 radical (unpaired) electrons. The smallest absolute Gasteiger partial charge is 0.143 e. The molecule has 0 N–H and O–H groups in total. The van der Waals surface area contributed by atoms with Crippen molar-refractivity contribution < 1.29 is 4.42 Å². The van der Waals surface area contributed by atoms with Crippen LogP contribution in [-0.4, -0.2) is 0 Å². The standard InChI is InChI=1S/C59H39NOS/c1-38-16-4-2-7-25-51-52-33-31-41-20-12-13-24-47(41)58(52)62-59(51)55(34-38)60(45-32-30-39-17-8-9-21-42(39)35-45)54-37-44-23-11-10-22-43(44)36-53(54)50-29-15-28-49-48-27-14-26-46(56(48)61-57(49)50)40-18-5-3-6-19-40/h2-24,26-37H,1,25H2/b7-2-,16-4-,55-34?. The molecule has 0 spiro atoms. The van der Waals surface area contributed by atoms with Crippen LogP contribution in [0.1, 0.15) is 10.4 Å². The lowest BCUT2D eigenvalue weighted by molar-refractivity contribution is 0.671. The van der Waals surface area contributed by atoms with Gasteiger partial charge in [-0.05, 0) is 91.2 Å². The van der Waals surface area contributed by atoms with Crippen LogP contribution < -0.4 is 4.90 Å². The molecule has 0 unspecified atom stereocenters. The molecule has 2 nitrogen and oxygen atoms in total. The van der Waals surface area contributed by atoms with Gasteiger partial charge in [-0.1, -0.05) is 189 Å². The van der Waals surface area contributed by atoms with Crippen molar-refractivity contribution in [1.29, 1.82) is 0 Å². The Morgan fingerprint density at radius 3 is 1.95 bits per heavy atom. The minimum absolute atomic E-state index is 0.792. The molecule has 0 saturated carbocycles. The van der Waals surface area contributed by atoms with Crippen LogP contribution >= 0.6 is 11.3 Å². The van der Waals surface area contributed by atoms with Crippen molar-refractivity contribution in [1.82, 2.24) is 0 Å². The number of nitrogens with zero attached hydrogens (tertiary/aromatic N) is 1. The first-order valence-corrected chi connectivity index (χ1v) is 22.0. The summed E-state index contributed by atoms with van der Waals surface area (Å²) >= 11 is 1.88. The summed E-state index contributed by atoms with van der Waals surface area (Å²) in [5.41, 5.74) is 11.5. The molecule has 0 bridgehead atoms. The molecule has 11 aromatic rings. The topological polar surface area (TPSA) is 16.4 Å². The van der Waals surface area contributed by atoms with Crippen LogP contribution in [0.15, 0.2) is 229 Å². The fraction of sp³-hybridized carbons (Fsp3) is 0.0169. The van der Waals surface area contributed by atoms with Crippen LogP contribution in [-0.2, 0) is 6.42 Å². The molecule has 2 heterocycles. The zero-order chi connectivity index (χ0) is 41.1. The maximum absolute atomic E-state index is 7.14. The van der Waals surface area contributed by atoms with Gasteiger partial charge in [0.15, 0.2) is 0 Å². The van der Waals surface area contributed by atoms with Crippen molar-refractivity contribution in [3.63, 3.8) is 0 Å². The van der Waals surface area contributed by atoms with E-state index < -0.39 is 0 Å². The van der Waals surface area contributed by atoms with E-state index in [1.54, 1.807) is 0 Å². The highest BCUT2D eigenvalue weighted by atomic mass is 32.1. The molecule has 12 rings (SSSR count). The summed E-state index contributed by atoms with van der Waals surface area (Å²) in [6.07, 6.45) is 11.7. The van der Waals surface area contributed by atoms with Gasteiger partial charge >= 0.3 is 0 Å². The Bertz CT molecular complexity index is 3690. The number of benzene rings is 9. The van der Waals surface area contributed by atoms with Crippen molar-refractivity contribution in [3.8, 4) is 22.3 Å². The van der Waals surface area contributed by atoms with Gasteiger partial charge in [-0.2, -0.15) is 0 Å². The van der Waals surface area contributed by atoms with Crippen molar-refractivity contribution in [3.05, 3.63) is 235 Å². The van der Waals surface area contributed by atoms with E-state index in [9.17, 15) is 0 Å². The third-order valence-corrected chi connectivity index (χ3v) is 13.7. The van der Waals surface area contributed by atoms with E-state index >= 15 is 0 Å². The Balaban J connectivity index is 1.19. The predicted octanol–water partition coefficient (Wildman–Crippen LogP) is 17.0. The van der Waals surface area contributed by atoms with Crippen molar-refractivity contribution in [2.24, 2.45) is 0 Å². The van der Waals surface area contributed by atoms with Gasteiger partial charge in [-0.3, -0.25) is 0 Å². The molecule has 0 atom stereocenters. The van der Waals surface area contributed by atoms with E-state index in [-0.39, 0.29) is 0 Å². The van der Waals surface area contributed by atoms with E-state index in [4.69, 9.17) is 4.42 Å². The van der Waals surface area contributed by atoms with Crippen LogP contribution in [0, 0.1) is 0 Å². The Hall–Kier alpha value is -7.72. The number of para-hydroxylation sites is 2. The molecule has 1 aliphatic rings. The fourth-order valence-electron chi connectivity index (χ4n) is 9.42. The number of hydrogen-bond acceptors (Lipinski definition) is 3. The number of anilines is 2. The molecular formula is C59H39NOS. The number of allylic oxidation sites excluding steroid dienone is 6. The Morgan fingerprint density at radius 2 is 1.15 bits per heavy atom. The first-order valence-electron chi connectivity index (χ1n) is 21.2. The van der Waals surface area contributed by atoms with Crippen LogP contribution in [0.2, 0.25) is 0 Å². The van der Waals surface area contributed by atoms with E-state index in [2.05, 4.69) is 224 Å². The maximum Gasteiger partial charge on any atom is 0.143 e. The van der Waals surface area contributed by atoms with Gasteiger partial charge in [0, 0.05) is 37.9 Å². The Kier molecular flexibility index (Phi) is 8.62. The second-order valence-electron chi connectivity index (χ2n) is 16.1. The van der Waals surface area contributed by atoms with Crippen LogP contribution in [0.4, 0.5) is 11.4 Å². The highest BCUT2D eigenvalue weighted by Gasteiger charge is 2.28. The van der Waals surface area contributed by atoms with Gasteiger partial charge in [0.05, 0.1) is 16.3 Å². The van der Waals surface area contributed by atoms with E-state index in [0.29, 0.717) is 0 Å². The van der Waals surface area contributed by atoms with Crippen LogP contribution in [0.25, 0.3) is 92.3 Å². The summed E-state index contributed by atoms with van der Waals surface area (Å²) in [6, 6.07) is 65.9. The quantitative estimate of drug-likeness (QED) is 0.172. The van der Waals surface area contributed by atoms with Gasteiger partial charge in [-0.15, -0.1) is 11.3 Å². The molecule has 9 aromatic carbocycles. The first-order chi connectivity index (χ1) is 30.7. The van der Waals surface area contributed by atoms with Crippen molar-refractivity contribution in [2.75, 3.05) is 4.90 Å². The second-order valence-corrected chi connectivity index (χ2v) is 17.1. The summed E-state index contributed by atoms with van der Waals surface area (Å²) in [7, 11) is 0. The Morgan fingerprint density at radius 1 is 0.500 bits per heavy atom. The molecule has 62 heavy (non-hydrogen) atoms. The molecule has 2 aromatic heterocycles. The molecule has 0 aliphatic heterocycles. The van der Waals surface area contributed by atoms with Gasteiger partial charge < -0.3 is 9.32 Å². The first kappa shape index (κ1) is 36.2. The highest BCUT2D eigenvalue weighted by Crippen LogP contribution is 2.50. The van der Waals surface area contributed by atoms with Crippen LogP contribution in [0.5, 0.6) is 0 Å². The van der Waals surface area contributed by atoms with Crippen molar-refractivity contribution in [2.45, 2.75) is 6.42 Å². The maximum atomic E-state index is 7.14. The molecule has 292 valence electrons. The minimum Gasteiger partial charge on any atom is -0.455 e. The highest BCUT2D eigenvalue weighted by molar-refractivity contribution is 7.21. The summed E-state index contributed by atoms with van der Waals surface area (Å²) in [5, 5.41) is 10.7. The number of rotatable bonds is 5. The summed E-state index contributed by atoms with van der Waals surface area (Å²) in [6.45, 7) is 4.63. The third-order valence-electron chi connectivity index (χ3n) is 12.4. The number of thiophene rings is 1. The van der Waals surface area contributed by atoms with Gasteiger partial charge in [0.25, 0.3) is 0 Å². The molecule has 3 heteroatoms. The largest absolute Gasteiger partial charge is 0.455 e. The number of fused-ring (bicyclic) bond motifs is 10. The lowest BCUT2D eigenvalue weighted by Gasteiger charge is -2.31. The molecule has 1 aliphatic carbocycles. The average molecular weight is 810 g/mol. The molecule has 0 saturated heterocycles. The third kappa shape index (κ3) is 6.01.